The fourth-order valence-electron chi connectivity index (χ4n) is 1.59. The molecule has 0 fully saturated rings. The number of hydrogen-bond acceptors (Lipinski definition) is 3. The van der Waals surface area contributed by atoms with Gasteiger partial charge in [-0.1, -0.05) is 22.9 Å². The van der Waals surface area contributed by atoms with Crippen LogP contribution in [0.2, 0.25) is 0 Å². The summed E-state index contributed by atoms with van der Waals surface area (Å²) in [5, 5.41) is 6.17. The first-order valence-corrected chi connectivity index (χ1v) is 7.48. The Labute approximate surface area is 118 Å². The molecule has 96 valence electrons. The van der Waals surface area contributed by atoms with Crippen LogP contribution in [0.25, 0.3) is 11.3 Å². The van der Waals surface area contributed by atoms with Crippen molar-refractivity contribution >= 4 is 27.3 Å². The molecule has 0 unspecified atom stereocenters. The lowest BCUT2D eigenvalue weighted by Crippen LogP contribution is -2.13. The molecule has 0 amide bonds. The van der Waals surface area contributed by atoms with Gasteiger partial charge in [0.15, 0.2) is 0 Å². The second-order valence-electron chi connectivity index (χ2n) is 3.93. The van der Waals surface area contributed by atoms with Gasteiger partial charge in [0.05, 0.1) is 5.69 Å². The summed E-state index contributed by atoms with van der Waals surface area (Å²) in [6.45, 7) is 3.84. The lowest BCUT2D eigenvalue weighted by atomic mass is 10.1. The van der Waals surface area contributed by atoms with Crippen molar-refractivity contribution < 1.29 is 4.39 Å². The van der Waals surface area contributed by atoms with Crippen molar-refractivity contribution in [1.82, 2.24) is 10.3 Å². The molecule has 0 spiro atoms. The summed E-state index contributed by atoms with van der Waals surface area (Å²) in [5.41, 5.74) is 1.26. The largest absolute Gasteiger partial charge is 0.310 e. The second-order valence-corrected chi connectivity index (χ2v) is 5.79. The molecule has 0 aliphatic rings. The quantitative estimate of drug-likeness (QED) is 0.831. The highest BCUT2D eigenvalue weighted by atomic mass is 79.9. The molecule has 0 atom stereocenters. The second kappa shape index (κ2) is 6.41. The van der Waals surface area contributed by atoms with Gasteiger partial charge in [-0.25, -0.2) is 9.37 Å². The lowest BCUT2D eigenvalue weighted by Gasteiger charge is -2.00. The van der Waals surface area contributed by atoms with E-state index in [9.17, 15) is 4.39 Å². The fraction of sp³-hybridized carbons (Fsp3) is 0.308. The van der Waals surface area contributed by atoms with Crippen LogP contribution in [0.15, 0.2) is 28.1 Å². The van der Waals surface area contributed by atoms with E-state index in [4.69, 9.17) is 0 Å². The van der Waals surface area contributed by atoms with Crippen molar-refractivity contribution in [3.8, 4) is 11.3 Å². The number of thiazole rings is 1. The van der Waals surface area contributed by atoms with E-state index in [1.54, 1.807) is 17.4 Å². The highest BCUT2D eigenvalue weighted by molar-refractivity contribution is 9.10. The summed E-state index contributed by atoms with van der Waals surface area (Å²) in [6, 6.07) is 5.04. The Hall–Kier alpha value is -0.780. The molecule has 18 heavy (non-hydrogen) atoms. The molecule has 1 N–H and O–H groups in total. The number of rotatable bonds is 5. The molecule has 0 saturated carbocycles. The number of nitrogens with zero attached hydrogens (tertiary/aromatic N) is 1. The summed E-state index contributed by atoms with van der Waals surface area (Å²) in [4.78, 5) is 4.44. The normalized spacial score (nSPS) is 10.8. The van der Waals surface area contributed by atoms with Gasteiger partial charge >= 0.3 is 0 Å². The van der Waals surface area contributed by atoms with E-state index in [1.807, 2.05) is 11.4 Å². The van der Waals surface area contributed by atoms with E-state index in [-0.39, 0.29) is 5.82 Å². The van der Waals surface area contributed by atoms with Gasteiger partial charge in [0, 0.05) is 22.0 Å². The van der Waals surface area contributed by atoms with Crippen molar-refractivity contribution in [2.75, 3.05) is 6.54 Å². The molecule has 0 aliphatic heterocycles. The van der Waals surface area contributed by atoms with Crippen LogP contribution in [0.5, 0.6) is 0 Å². The van der Waals surface area contributed by atoms with Crippen molar-refractivity contribution in [2.45, 2.75) is 19.9 Å². The van der Waals surface area contributed by atoms with E-state index in [0.29, 0.717) is 11.3 Å². The van der Waals surface area contributed by atoms with Gasteiger partial charge in [-0.15, -0.1) is 11.3 Å². The third-order valence-electron chi connectivity index (χ3n) is 2.46. The minimum absolute atomic E-state index is 0.247. The van der Waals surface area contributed by atoms with Gasteiger partial charge in [0.2, 0.25) is 0 Å². The SMILES string of the molecule is CCCNCc1nc(-c2ccc(Br)cc2F)cs1. The first-order valence-electron chi connectivity index (χ1n) is 5.81. The highest BCUT2D eigenvalue weighted by Gasteiger charge is 2.09. The molecule has 0 saturated heterocycles. The summed E-state index contributed by atoms with van der Waals surface area (Å²) in [5.74, 6) is -0.247. The van der Waals surface area contributed by atoms with Crippen molar-refractivity contribution in [3.63, 3.8) is 0 Å². The van der Waals surface area contributed by atoms with Crippen LogP contribution in [-0.4, -0.2) is 11.5 Å². The van der Waals surface area contributed by atoms with Crippen molar-refractivity contribution in [2.24, 2.45) is 0 Å². The first-order chi connectivity index (χ1) is 8.70. The number of nitrogens with one attached hydrogen (secondary N) is 1. The van der Waals surface area contributed by atoms with Crippen LogP contribution >= 0.6 is 27.3 Å². The van der Waals surface area contributed by atoms with E-state index in [0.717, 1.165) is 29.0 Å². The zero-order valence-electron chi connectivity index (χ0n) is 10.0. The fourth-order valence-corrected chi connectivity index (χ4v) is 2.68. The molecule has 2 nitrogen and oxygen atoms in total. The van der Waals surface area contributed by atoms with Crippen LogP contribution in [0.1, 0.15) is 18.4 Å². The van der Waals surface area contributed by atoms with Crippen molar-refractivity contribution in [3.05, 3.63) is 38.9 Å². The molecule has 2 rings (SSSR count). The summed E-state index contributed by atoms with van der Waals surface area (Å²) >= 11 is 4.80. The van der Waals surface area contributed by atoms with Crippen LogP contribution in [0.4, 0.5) is 4.39 Å². The third-order valence-corrected chi connectivity index (χ3v) is 3.80. The van der Waals surface area contributed by atoms with Gasteiger partial charge in [0.25, 0.3) is 0 Å². The van der Waals surface area contributed by atoms with Crippen LogP contribution in [0.3, 0.4) is 0 Å². The molecule has 1 heterocycles. The highest BCUT2D eigenvalue weighted by Crippen LogP contribution is 2.26. The minimum Gasteiger partial charge on any atom is -0.310 e. The van der Waals surface area contributed by atoms with Crippen LogP contribution < -0.4 is 5.32 Å². The minimum atomic E-state index is -0.247. The summed E-state index contributed by atoms with van der Waals surface area (Å²) in [7, 11) is 0. The Morgan fingerprint density at radius 2 is 2.28 bits per heavy atom. The number of benzene rings is 1. The molecule has 5 heteroatoms. The zero-order chi connectivity index (χ0) is 13.0. The Kier molecular flexibility index (Phi) is 4.86. The third kappa shape index (κ3) is 3.37. The standard InChI is InChI=1S/C13H14BrFN2S/c1-2-5-16-7-13-17-12(8-18-13)10-4-3-9(14)6-11(10)15/h3-4,6,8,16H,2,5,7H2,1H3. The Morgan fingerprint density at radius 3 is 3.00 bits per heavy atom. The molecule has 0 bridgehead atoms. The summed E-state index contributed by atoms with van der Waals surface area (Å²) in [6.07, 6.45) is 1.10. The molecule has 1 aromatic heterocycles. The monoisotopic (exact) mass is 328 g/mol. The maximum Gasteiger partial charge on any atom is 0.133 e. The Morgan fingerprint density at radius 1 is 1.44 bits per heavy atom. The first kappa shape index (κ1) is 13.6. The molecule has 1 aromatic carbocycles. The predicted molar refractivity (Wildman–Crippen MR) is 77.2 cm³/mol. The van der Waals surface area contributed by atoms with Gasteiger partial charge in [-0.05, 0) is 31.2 Å². The topological polar surface area (TPSA) is 24.9 Å². The van der Waals surface area contributed by atoms with E-state index >= 15 is 0 Å². The number of halogens is 2. The molecular weight excluding hydrogens is 315 g/mol. The Bertz CT molecular complexity index is 527. The number of aromatic nitrogens is 1. The zero-order valence-corrected chi connectivity index (χ0v) is 12.4. The van der Waals surface area contributed by atoms with E-state index < -0.39 is 0 Å². The van der Waals surface area contributed by atoms with Gasteiger partial charge in [0.1, 0.15) is 10.8 Å². The molecular formula is C13H14BrFN2S. The molecule has 2 aromatic rings. The van der Waals surface area contributed by atoms with E-state index in [1.165, 1.54) is 6.07 Å². The summed E-state index contributed by atoms with van der Waals surface area (Å²) < 4.78 is 14.5. The smallest absolute Gasteiger partial charge is 0.133 e. The van der Waals surface area contributed by atoms with E-state index in [2.05, 4.69) is 33.2 Å². The molecule has 0 aliphatic carbocycles. The number of hydrogen-bond donors (Lipinski definition) is 1. The van der Waals surface area contributed by atoms with Gasteiger partial charge in [-0.2, -0.15) is 0 Å². The maximum atomic E-state index is 13.8. The van der Waals surface area contributed by atoms with Gasteiger partial charge in [-0.3, -0.25) is 0 Å². The maximum absolute atomic E-state index is 13.8. The van der Waals surface area contributed by atoms with Crippen molar-refractivity contribution in [1.29, 1.82) is 0 Å². The average molecular weight is 329 g/mol. The average Bonchev–Trinajstić information content (AvgIpc) is 2.78. The Balaban J connectivity index is 2.13. The van der Waals surface area contributed by atoms with Gasteiger partial charge < -0.3 is 5.32 Å². The van der Waals surface area contributed by atoms with Crippen LogP contribution in [-0.2, 0) is 6.54 Å². The van der Waals surface area contributed by atoms with Crippen LogP contribution in [0, 0.1) is 5.82 Å². The lowest BCUT2D eigenvalue weighted by molar-refractivity contribution is 0.629. The molecule has 0 radical (unpaired) electrons. The predicted octanol–water partition coefficient (Wildman–Crippen LogP) is 4.21.